The van der Waals surface area contributed by atoms with Crippen molar-refractivity contribution in [3.63, 3.8) is 0 Å². The minimum atomic E-state index is -0.155. The highest BCUT2D eigenvalue weighted by molar-refractivity contribution is 5.94. The van der Waals surface area contributed by atoms with Crippen LogP contribution in [-0.4, -0.2) is 25.2 Å². The van der Waals surface area contributed by atoms with E-state index in [0.29, 0.717) is 11.1 Å². The topological polar surface area (TPSA) is 70.2 Å². The fourth-order valence-corrected chi connectivity index (χ4v) is 1.73. The molecule has 5 heteroatoms. The van der Waals surface area contributed by atoms with E-state index in [2.05, 4.69) is 16.0 Å². The fourth-order valence-electron chi connectivity index (χ4n) is 1.73. The summed E-state index contributed by atoms with van der Waals surface area (Å²) in [7, 11) is 0. The largest absolute Gasteiger partial charge is 0.339 e. The maximum atomic E-state index is 11.7. The summed E-state index contributed by atoms with van der Waals surface area (Å²) in [5.41, 5.74) is 1.21. The zero-order valence-electron chi connectivity index (χ0n) is 11.5. The van der Waals surface area contributed by atoms with Crippen molar-refractivity contribution >= 4 is 11.8 Å². The molecule has 2 aromatic rings. The van der Waals surface area contributed by atoms with E-state index < -0.39 is 0 Å². The molecular weight excluding hydrogens is 266 g/mol. The predicted molar refractivity (Wildman–Crippen MR) is 80.7 cm³/mol. The van der Waals surface area contributed by atoms with E-state index in [4.69, 9.17) is 0 Å². The Kier molecular flexibility index (Phi) is 5.49. The first-order valence-corrected chi connectivity index (χ1v) is 6.64. The van der Waals surface area contributed by atoms with Gasteiger partial charge in [0.2, 0.25) is 0 Å². The zero-order valence-corrected chi connectivity index (χ0v) is 11.5. The van der Waals surface area contributed by atoms with E-state index in [1.54, 1.807) is 24.3 Å². The van der Waals surface area contributed by atoms with Gasteiger partial charge in [-0.05, 0) is 24.3 Å². The first-order chi connectivity index (χ1) is 10.3. The number of amides is 2. The number of hydrogen-bond donors (Lipinski definition) is 3. The molecule has 2 aromatic carbocycles. The van der Waals surface area contributed by atoms with Crippen LogP contribution in [0, 0.1) is 0 Å². The highest BCUT2D eigenvalue weighted by Crippen LogP contribution is 1.97. The molecule has 0 radical (unpaired) electrons. The third-order valence-corrected chi connectivity index (χ3v) is 2.82. The minimum absolute atomic E-state index is 0.155. The Morgan fingerprint density at radius 1 is 0.667 bits per heavy atom. The maximum absolute atomic E-state index is 11.7. The minimum Gasteiger partial charge on any atom is -0.339 e. The van der Waals surface area contributed by atoms with Crippen LogP contribution < -0.4 is 16.0 Å². The monoisotopic (exact) mass is 283 g/mol. The Hall–Kier alpha value is -2.66. The van der Waals surface area contributed by atoms with Crippen LogP contribution in [0.5, 0.6) is 0 Å². The Labute approximate surface area is 123 Å². The number of rotatable bonds is 6. The second-order valence-corrected chi connectivity index (χ2v) is 4.35. The molecule has 0 fully saturated rings. The molecule has 3 N–H and O–H groups in total. The Bertz CT molecular complexity index is 531. The van der Waals surface area contributed by atoms with E-state index in [-0.39, 0.29) is 25.2 Å². The average Bonchev–Trinajstić information content (AvgIpc) is 2.55. The zero-order chi connectivity index (χ0) is 14.9. The molecule has 0 saturated heterocycles. The van der Waals surface area contributed by atoms with Crippen LogP contribution in [0.3, 0.4) is 0 Å². The first-order valence-electron chi connectivity index (χ1n) is 6.64. The molecule has 0 heterocycles. The molecule has 108 valence electrons. The predicted octanol–water partition coefficient (Wildman–Crippen LogP) is 1.35. The molecule has 0 aliphatic carbocycles. The van der Waals surface area contributed by atoms with Gasteiger partial charge in [-0.25, -0.2) is 0 Å². The summed E-state index contributed by atoms with van der Waals surface area (Å²) in [5, 5.41) is 8.35. The molecule has 2 amide bonds. The molecule has 0 unspecified atom stereocenters. The molecule has 0 spiro atoms. The van der Waals surface area contributed by atoms with Crippen LogP contribution in [0.4, 0.5) is 0 Å². The van der Waals surface area contributed by atoms with E-state index in [1.807, 2.05) is 36.4 Å². The molecule has 0 aliphatic rings. The summed E-state index contributed by atoms with van der Waals surface area (Å²) in [6, 6.07) is 17.9. The number of carbonyl (C=O) groups is 2. The molecule has 5 nitrogen and oxygen atoms in total. The smallest absolute Gasteiger partial charge is 0.252 e. The third kappa shape index (κ3) is 4.74. The van der Waals surface area contributed by atoms with Crippen molar-refractivity contribution in [2.75, 3.05) is 13.3 Å². The molecule has 0 bridgehead atoms. The van der Waals surface area contributed by atoms with Gasteiger partial charge >= 0.3 is 0 Å². The highest BCUT2D eigenvalue weighted by Gasteiger charge is 2.04. The van der Waals surface area contributed by atoms with Crippen molar-refractivity contribution in [1.82, 2.24) is 16.0 Å². The number of hydrogen-bond acceptors (Lipinski definition) is 3. The lowest BCUT2D eigenvalue weighted by Gasteiger charge is -2.08. The maximum Gasteiger partial charge on any atom is 0.252 e. The quantitative estimate of drug-likeness (QED) is 0.553. The first kappa shape index (κ1) is 14.7. The van der Waals surface area contributed by atoms with E-state index in [0.717, 1.165) is 0 Å². The van der Waals surface area contributed by atoms with Gasteiger partial charge in [-0.3, -0.25) is 14.9 Å². The third-order valence-electron chi connectivity index (χ3n) is 2.82. The lowest BCUT2D eigenvalue weighted by Crippen LogP contribution is -2.40. The number of carbonyl (C=O) groups excluding carboxylic acids is 2. The Morgan fingerprint density at radius 2 is 1.05 bits per heavy atom. The molecule has 0 saturated carbocycles. The Balaban J connectivity index is 1.64. The van der Waals surface area contributed by atoms with E-state index in [9.17, 15) is 9.59 Å². The molecule has 0 aliphatic heterocycles. The van der Waals surface area contributed by atoms with Gasteiger partial charge in [0.1, 0.15) is 0 Å². The average molecular weight is 283 g/mol. The van der Waals surface area contributed by atoms with Gasteiger partial charge in [-0.2, -0.15) is 0 Å². The number of benzene rings is 2. The molecule has 21 heavy (non-hydrogen) atoms. The van der Waals surface area contributed by atoms with E-state index >= 15 is 0 Å². The molecular formula is C16H17N3O2. The van der Waals surface area contributed by atoms with Crippen LogP contribution in [0.25, 0.3) is 0 Å². The Morgan fingerprint density at radius 3 is 1.43 bits per heavy atom. The second kappa shape index (κ2) is 7.81. The SMILES string of the molecule is O=C(NCNCNC(=O)c1ccccc1)c1ccccc1. The van der Waals surface area contributed by atoms with Crippen molar-refractivity contribution < 1.29 is 9.59 Å². The van der Waals surface area contributed by atoms with Crippen molar-refractivity contribution in [2.45, 2.75) is 0 Å². The summed E-state index contributed by atoms with van der Waals surface area (Å²) in [6.07, 6.45) is 0. The van der Waals surface area contributed by atoms with Crippen molar-refractivity contribution in [3.05, 3.63) is 71.8 Å². The lowest BCUT2D eigenvalue weighted by atomic mass is 10.2. The summed E-state index contributed by atoms with van der Waals surface area (Å²) in [5.74, 6) is -0.310. The molecule has 0 atom stereocenters. The standard InChI is InChI=1S/C16H17N3O2/c20-15(13-7-3-1-4-8-13)18-11-17-12-19-16(21)14-9-5-2-6-10-14/h1-10,17H,11-12H2,(H,18,20)(H,19,21). The highest BCUT2D eigenvalue weighted by atomic mass is 16.2. The summed E-state index contributed by atoms with van der Waals surface area (Å²) >= 11 is 0. The molecule has 0 aromatic heterocycles. The number of nitrogens with one attached hydrogen (secondary N) is 3. The summed E-state index contributed by atoms with van der Waals surface area (Å²) < 4.78 is 0. The van der Waals surface area contributed by atoms with Crippen LogP contribution >= 0.6 is 0 Å². The van der Waals surface area contributed by atoms with Crippen LogP contribution in [0.2, 0.25) is 0 Å². The van der Waals surface area contributed by atoms with Crippen LogP contribution in [-0.2, 0) is 0 Å². The lowest BCUT2D eigenvalue weighted by molar-refractivity contribution is 0.0946. The van der Waals surface area contributed by atoms with Crippen LogP contribution in [0.15, 0.2) is 60.7 Å². The summed E-state index contributed by atoms with van der Waals surface area (Å²) in [4.78, 5) is 23.4. The molecule has 2 rings (SSSR count). The van der Waals surface area contributed by atoms with Gasteiger partial charge < -0.3 is 10.6 Å². The summed E-state index contributed by atoms with van der Waals surface area (Å²) in [6.45, 7) is 0.561. The van der Waals surface area contributed by atoms with Gasteiger partial charge in [0.05, 0.1) is 13.3 Å². The fraction of sp³-hybridized carbons (Fsp3) is 0.125. The normalized spacial score (nSPS) is 9.90. The van der Waals surface area contributed by atoms with Crippen molar-refractivity contribution in [1.29, 1.82) is 0 Å². The van der Waals surface area contributed by atoms with Gasteiger partial charge in [0.15, 0.2) is 0 Å². The second-order valence-electron chi connectivity index (χ2n) is 4.35. The van der Waals surface area contributed by atoms with Gasteiger partial charge in [0, 0.05) is 11.1 Å². The van der Waals surface area contributed by atoms with E-state index in [1.165, 1.54) is 0 Å². The van der Waals surface area contributed by atoms with Crippen molar-refractivity contribution in [2.24, 2.45) is 0 Å². The van der Waals surface area contributed by atoms with Gasteiger partial charge in [0.25, 0.3) is 11.8 Å². The van der Waals surface area contributed by atoms with Gasteiger partial charge in [-0.1, -0.05) is 36.4 Å². The van der Waals surface area contributed by atoms with Crippen molar-refractivity contribution in [3.8, 4) is 0 Å². The van der Waals surface area contributed by atoms with Gasteiger partial charge in [-0.15, -0.1) is 0 Å². The van der Waals surface area contributed by atoms with Crippen LogP contribution in [0.1, 0.15) is 20.7 Å².